The third kappa shape index (κ3) is 3.24. The first-order valence-electron chi connectivity index (χ1n) is 6.15. The number of aryl methyl sites for hydroxylation is 1. The van der Waals surface area contributed by atoms with Gasteiger partial charge in [0.1, 0.15) is 23.7 Å². The predicted octanol–water partition coefficient (Wildman–Crippen LogP) is 2.41. The Balaban J connectivity index is 2.14. The maximum atomic E-state index is 9.25. The Morgan fingerprint density at radius 3 is 2.84 bits per heavy atom. The molecule has 0 unspecified atom stereocenters. The van der Waals surface area contributed by atoms with Crippen LogP contribution in [-0.4, -0.2) is 20.1 Å². The van der Waals surface area contributed by atoms with Gasteiger partial charge in [-0.1, -0.05) is 35.9 Å². The molecule has 0 amide bonds. The smallest absolute Gasteiger partial charge is 0.138 e. The van der Waals surface area contributed by atoms with E-state index < -0.39 is 0 Å². The van der Waals surface area contributed by atoms with E-state index in [1.165, 1.54) is 0 Å². The molecule has 0 atom stereocenters. The Hall–Kier alpha value is -1.59. The van der Waals surface area contributed by atoms with Crippen molar-refractivity contribution >= 4 is 11.6 Å². The van der Waals surface area contributed by atoms with Crippen LogP contribution in [0.4, 0.5) is 0 Å². The minimum absolute atomic E-state index is 0.148. The third-order valence-electron chi connectivity index (χ3n) is 2.70. The van der Waals surface area contributed by atoms with Crippen molar-refractivity contribution in [3.05, 3.63) is 40.7 Å². The number of hydrogen-bond acceptors (Lipinski definition) is 4. The summed E-state index contributed by atoms with van der Waals surface area (Å²) >= 11 is 6.03. The Morgan fingerprint density at radius 2 is 2.16 bits per heavy atom. The van der Waals surface area contributed by atoms with E-state index in [1.807, 2.05) is 12.1 Å². The van der Waals surface area contributed by atoms with Crippen LogP contribution in [0.15, 0.2) is 24.3 Å². The van der Waals surface area contributed by atoms with Gasteiger partial charge < -0.3 is 9.84 Å². The van der Waals surface area contributed by atoms with Gasteiger partial charge in [-0.05, 0) is 18.6 Å². The molecule has 2 aromatic rings. The standard InChI is InChI=1S/C13H16ClN3O2/c1-2-7-17-12(11(8-18)15-16-17)9-19-13-6-4-3-5-10(13)14/h3-6,18H,2,7-9H2,1H3. The highest BCUT2D eigenvalue weighted by molar-refractivity contribution is 6.32. The van der Waals surface area contributed by atoms with Gasteiger partial charge >= 0.3 is 0 Å². The van der Waals surface area contributed by atoms with Gasteiger partial charge in [-0.2, -0.15) is 0 Å². The van der Waals surface area contributed by atoms with E-state index in [2.05, 4.69) is 17.2 Å². The van der Waals surface area contributed by atoms with Crippen molar-refractivity contribution < 1.29 is 9.84 Å². The van der Waals surface area contributed by atoms with Crippen molar-refractivity contribution in [2.75, 3.05) is 0 Å². The molecule has 2 rings (SSSR count). The normalized spacial score (nSPS) is 10.7. The van der Waals surface area contributed by atoms with Gasteiger partial charge in [0.25, 0.3) is 0 Å². The molecule has 0 aliphatic rings. The molecule has 5 nitrogen and oxygen atoms in total. The molecule has 0 aliphatic heterocycles. The van der Waals surface area contributed by atoms with E-state index in [0.29, 0.717) is 16.5 Å². The first kappa shape index (κ1) is 13.8. The third-order valence-corrected chi connectivity index (χ3v) is 3.02. The summed E-state index contributed by atoms with van der Waals surface area (Å²) in [5.41, 5.74) is 1.32. The van der Waals surface area contributed by atoms with Crippen molar-refractivity contribution in [3.63, 3.8) is 0 Å². The molecule has 1 heterocycles. The summed E-state index contributed by atoms with van der Waals surface area (Å²) in [6, 6.07) is 7.27. The summed E-state index contributed by atoms with van der Waals surface area (Å²) in [5.74, 6) is 0.609. The van der Waals surface area contributed by atoms with E-state index in [0.717, 1.165) is 18.7 Å². The minimum Gasteiger partial charge on any atom is -0.486 e. The fraction of sp³-hybridized carbons (Fsp3) is 0.385. The molecular formula is C13H16ClN3O2. The van der Waals surface area contributed by atoms with Gasteiger partial charge in [0.2, 0.25) is 0 Å². The Bertz CT molecular complexity index is 542. The SMILES string of the molecule is CCCn1nnc(CO)c1COc1ccccc1Cl. The highest BCUT2D eigenvalue weighted by atomic mass is 35.5. The lowest BCUT2D eigenvalue weighted by atomic mass is 10.3. The average Bonchev–Trinajstić information content (AvgIpc) is 2.80. The molecule has 102 valence electrons. The maximum Gasteiger partial charge on any atom is 0.138 e. The first-order valence-corrected chi connectivity index (χ1v) is 6.53. The molecule has 0 saturated carbocycles. The van der Waals surface area contributed by atoms with Crippen molar-refractivity contribution in [1.82, 2.24) is 15.0 Å². The Morgan fingerprint density at radius 1 is 1.37 bits per heavy atom. The minimum atomic E-state index is -0.148. The van der Waals surface area contributed by atoms with Crippen LogP contribution in [0.3, 0.4) is 0 Å². The highest BCUT2D eigenvalue weighted by Crippen LogP contribution is 2.24. The zero-order valence-electron chi connectivity index (χ0n) is 10.7. The summed E-state index contributed by atoms with van der Waals surface area (Å²) in [7, 11) is 0. The molecule has 0 aliphatic carbocycles. The van der Waals surface area contributed by atoms with Gasteiger partial charge in [-0.3, -0.25) is 0 Å². The second-order valence-corrected chi connectivity index (χ2v) is 4.49. The summed E-state index contributed by atoms with van der Waals surface area (Å²) in [6.45, 7) is 2.94. The Kier molecular flexibility index (Phi) is 4.76. The molecule has 19 heavy (non-hydrogen) atoms. The van der Waals surface area contributed by atoms with Crippen LogP contribution in [0.5, 0.6) is 5.75 Å². The number of para-hydroxylation sites is 1. The molecular weight excluding hydrogens is 266 g/mol. The number of aliphatic hydroxyl groups is 1. The zero-order valence-corrected chi connectivity index (χ0v) is 11.5. The van der Waals surface area contributed by atoms with Crippen LogP contribution in [0, 0.1) is 0 Å². The van der Waals surface area contributed by atoms with Crippen molar-refractivity contribution in [3.8, 4) is 5.75 Å². The fourth-order valence-electron chi connectivity index (χ4n) is 1.75. The first-order chi connectivity index (χ1) is 9.26. The average molecular weight is 282 g/mol. The van der Waals surface area contributed by atoms with Gasteiger partial charge in [0.15, 0.2) is 0 Å². The highest BCUT2D eigenvalue weighted by Gasteiger charge is 2.13. The molecule has 0 bridgehead atoms. The number of nitrogens with zero attached hydrogens (tertiary/aromatic N) is 3. The van der Waals surface area contributed by atoms with Gasteiger partial charge in [-0.25, -0.2) is 4.68 Å². The lowest BCUT2D eigenvalue weighted by molar-refractivity contribution is 0.261. The number of aliphatic hydroxyl groups excluding tert-OH is 1. The quantitative estimate of drug-likeness (QED) is 0.883. The summed E-state index contributed by atoms with van der Waals surface area (Å²) in [5, 5.41) is 17.8. The van der Waals surface area contributed by atoms with E-state index in [9.17, 15) is 5.11 Å². The maximum absolute atomic E-state index is 9.25. The largest absolute Gasteiger partial charge is 0.486 e. The van der Waals surface area contributed by atoms with E-state index in [-0.39, 0.29) is 13.2 Å². The molecule has 6 heteroatoms. The summed E-state index contributed by atoms with van der Waals surface area (Å²) in [6.07, 6.45) is 0.938. The second-order valence-electron chi connectivity index (χ2n) is 4.08. The lowest BCUT2D eigenvalue weighted by Gasteiger charge is -2.10. The summed E-state index contributed by atoms with van der Waals surface area (Å²) < 4.78 is 7.42. The van der Waals surface area contributed by atoms with Crippen molar-refractivity contribution in [1.29, 1.82) is 0 Å². The molecule has 0 spiro atoms. The number of ether oxygens (including phenoxy) is 1. The van der Waals surface area contributed by atoms with Crippen LogP contribution in [-0.2, 0) is 19.8 Å². The van der Waals surface area contributed by atoms with E-state index in [4.69, 9.17) is 16.3 Å². The van der Waals surface area contributed by atoms with Gasteiger partial charge in [0, 0.05) is 6.54 Å². The number of hydrogen-bond donors (Lipinski definition) is 1. The van der Waals surface area contributed by atoms with Crippen LogP contribution in [0.25, 0.3) is 0 Å². The van der Waals surface area contributed by atoms with Crippen LogP contribution in [0.2, 0.25) is 5.02 Å². The predicted molar refractivity (Wildman–Crippen MR) is 72.0 cm³/mol. The molecule has 1 aromatic heterocycles. The number of halogens is 1. The molecule has 1 aromatic carbocycles. The van der Waals surface area contributed by atoms with Crippen molar-refractivity contribution in [2.24, 2.45) is 0 Å². The topological polar surface area (TPSA) is 60.2 Å². The second kappa shape index (κ2) is 6.54. The lowest BCUT2D eigenvalue weighted by Crippen LogP contribution is -2.09. The van der Waals surface area contributed by atoms with E-state index >= 15 is 0 Å². The van der Waals surface area contributed by atoms with E-state index in [1.54, 1.807) is 16.8 Å². The van der Waals surface area contributed by atoms with Gasteiger partial charge in [0.05, 0.1) is 11.6 Å². The summed E-state index contributed by atoms with van der Waals surface area (Å²) in [4.78, 5) is 0. The number of aromatic nitrogens is 3. The molecule has 1 N–H and O–H groups in total. The molecule has 0 radical (unpaired) electrons. The van der Waals surface area contributed by atoms with Crippen LogP contribution in [0.1, 0.15) is 24.7 Å². The molecule has 0 saturated heterocycles. The van der Waals surface area contributed by atoms with Crippen LogP contribution < -0.4 is 4.74 Å². The monoisotopic (exact) mass is 281 g/mol. The Labute approximate surface area is 116 Å². The molecule has 0 fully saturated rings. The number of benzene rings is 1. The van der Waals surface area contributed by atoms with Crippen LogP contribution >= 0.6 is 11.6 Å². The zero-order chi connectivity index (χ0) is 13.7. The van der Waals surface area contributed by atoms with Crippen molar-refractivity contribution in [2.45, 2.75) is 33.1 Å². The fourth-order valence-corrected chi connectivity index (χ4v) is 1.94. The number of rotatable bonds is 6. The van der Waals surface area contributed by atoms with Gasteiger partial charge in [-0.15, -0.1) is 5.10 Å².